The van der Waals surface area contributed by atoms with E-state index in [1.807, 2.05) is 107 Å². The van der Waals surface area contributed by atoms with Crippen molar-refractivity contribution in [3.05, 3.63) is 358 Å². The van der Waals surface area contributed by atoms with Crippen molar-refractivity contribution in [3.63, 3.8) is 0 Å². The van der Waals surface area contributed by atoms with Crippen LogP contribution in [0, 0.1) is 0 Å². The van der Waals surface area contributed by atoms with E-state index in [2.05, 4.69) is 206 Å². The first-order valence-electron chi connectivity index (χ1n) is 33.2. The van der Waals surface area contributed by atoms with Crippen LogP contribution in [0.1, 0.15) is 115 Å². The van der Waals surface area contributed by atoms with Crippen LogP contribution in [0.15, 0.2) is 301 Å². The van der Waals surface area contributed by atoms with E-state index in [-0.39, 0.29) is 11.9 Å². The van der Waals surface area contributed by atoms with Crippen molar-refractivity contribution in [3.8, 4) is 44.5 Å². The van der Waals surface area contributed by atoms with Crippen LogP contribution < -0.4 is 10.0 Å². The molecule has 12 aromatic carbocycles. The third kappa shape index (κ3) is 11.4. The number of anilines is 4. The lowest BCUT2D eigenvalue weighted by Crippen LogP contribution is -2.14. The molecule has 0 fully saturated rings. The molecule has 4 aliphatic rings. The van der Waals surface area contributed by atoms with Crippen LogP contribution in [0.4, 0.5) is 22.7 Å². The van der Waals surface area contributed by atoms with Crippen LogP contribution in [0.3, 0.4) is 0 Å². The van der Waals surface area contributed by atoms with Crippen molar-refractivity contribution < 1.29 is 19.1 Å². The van der Waals surface area contributed by atoms with Crippen molar-refractivity contribution >= 4 is 69.4 Å². The van der Waals surface area contributed by atoms with Gasteiger partial charge in [-0.15, -0.1) is 0 Å². The zero-order valence-electron chi connectivity index (χ0n) is 52.9. The summed E-state index contributed by atoms with van der Waals surface area (Å²) in [6.07, 6.45) is 9.90. The molecule has 12 aromatic rings. The highest BCUT2D eigenvalue weighted by Gasteiger charge is 2.31. The molecule has 0 spiro atoms. The van der Waals surface area contributed by atoms with Gasteiger partial charge >= 0.3 is 11.9 Å². The van der Waals surface area contributed by atoms with Gasteiger partial charge in [0.1, 0.15) is 0 Å². The summed E-state index contributed by atoms with van der Waals surface area (Å²) in [4.78, 5) is 27.3. The lowest BCUT2D eigenvalue weighted by molar-refractivity contribution is 0.0484. The molecule has 4 aliphatic carbocycles. The second-order valence-corrected chi connectivity index (χ2v) is 24.7. The van der Waals surface area contributed by atoms with Crippen LogP contribution in [-0.2, 0) is 9.47 Å². The van der Waals surface area contributed by atoms with Gasteiger partial charge in [0.05, 0.1) is 58.5 Å². The van der Waals surface area contributed by atoms with E-state index in [0.717, 1.165) is 128 Å². The number of rotatable bonds is 19. The van der Waals surface area contributed by atoms with Gasteiger partial charge in [-0.2, -0.15) is 10.2 Å². The molecule has 0 bridgehead atoms. The first-order valence-corrected chi connectivity index (χ1v) is 33.2. The fourth-order valence-corrected chi connectivity index (χ4v) is 14.0. The quantitative estimate of drug-likeness (QED) is 0.0456. The second-order valence-electron chi connectivity index (χ2n) is 24.7. The van der Waals surface area contributed by atoms with Gasteiger partial charge in [-0.1, -0.05) is 244 Å². The van der Waals surface area contributed by atoms with Gasteiger partial charge in [0, 0.05) is 22.3 Å². The fourth-order valence-electron chi connectivity index (χ4n) is 14.0. The predicted molar refractivity (Wildman–Crippen MR) is 391 cm³/mol. The van der Waals surface area contributed by atoms with E-state index in [4.69, 9.17) is 19.7 Å². The molecule has 0 N–H and O–H groups in total. The summed E-state index contributed by atoms with van der Waals surface area (Å²) in [7, 11) is 0. The number of hydrogen-bond acceptors (Lipinski definition) is 8. The molecule has 0 heterocycles. The monoisotopic (exact) mass is 1240 g/mol. The Bertz CT molecular complexity index is 4690. The highest BCUT2D eigenvalue weighted by molar-refractivity contribution is 6.26. The predicted octanol–water partition coefficient (Wildman–Crippen LogP) is 21.3. The largest absolute Gasteiger partial charge is 0.462 e. The van der Waals surface area contributed by atoms with E-state index in [0.29, 0.717) is 24.3 Å². The van der Waals surface area contributed by atoms with Gasteiger partial charge in [-0.05, 0) is 187 Å². The Morgan fingerprint density at radius 3 is 0.885 bits per heavy atom. The molecular weight excluding hydrogens is 1180 g/mol. The number of hydrogen-bond donors (Lipinski definition) is 0. The topological polar surface area (TPSA) is 83.8 Å². The maximum atomic E-state index is 13.6. The fraction of sp³-hybridized carbons (Fsp3) is 0.0909. The molecule has 0 unspecified atom stereocenters. The Morgan fingerprint density at radius 2 is 0.542 bits per heavy atom. The van der Waals surface area contributed by atoms with Crippen molar-refractivity contribution in [1.82, 2.24) is 0 Å². The van der Waals surface area contributed by atoms with Crippen molar-refractivity contribution in [2.45, 2.75) is 38.5 Å². The van der Waals surface area contributed by atoms with Gasteiger partial charge in [0.25, 0.3) is 0 Å². The van der Waals surface area contributed by atoms with Crippen LogP contribution in [0.25, 0.3) is 67.8 Å². The normalized spacial score (nSPS) is 13.2. The van der Waals surface area contributed by atoms with Gasteiger partial charge in [-0.3, -0.25) is 0 Å². The van der Waals surface area contributed by atoms with E-state index < -0.39 is 0 Å². The first-order chi connectivity index (χ1) is 47.5. The van der Waals surface area contributed by atoms with Gasteiger partial charge in [0.2, 0.25) is 0 Å². The number of para-hydroxylation sites is 2. The molecule has 0 saturated carbocycles. The summed E-state index contributed by atoms with van der Waals surface area (Å²) in [5, 5.41) is 14.9. The van der Waals surface area contributed by atoms with Gasteiger partial charge in [-0.25, -0.2) is 19.6 Å². The maximum absolute atomic E-state index is 13.6. The standard InChI is InChI=1S/C88H66N4O4/c93-87(61-45-51-79-83(57-61)75-37-19-21-39-77(75)85(79)89-91(63-25-7-5-8-26-63)65-47-41-59(42-48-65)55-81-71-33-15-11-29-67(71)68-30-12-16-34-72(68)81)95-53-23-3-1-2-4-24-54-96-88(94)62-46-52-80-84(58-62)76-38-20-22-40-78(76)86(80)90-92(64-27-9-6-10-28-64)66-49-43-60(44-50-66)56-82-73-35-17-13-31-69(73)70-32-14-18-36-74(70)82/h5-22,25-52,55-58H,1-4,23-24,53-54H2. The number of benzene rings is 12. The summed E-state index contributed by atoms with van der Waals surface area (Å²) in [5.41, 5.74) is 28.9. The smallest absolute Gasteiger partial charge is 0.338 e. The lowest BCUT2D eigenvalue weighted by Gasteiger charge is -2.21. The number of carbonyl (C=O) groups excluding carboxylic acids is 2. The minimum atomic E-state index is -0.340. The van der Waals surface area contributed by atoms with E-state index in [1.54, 1.807) is 0 Å². The molecular formula is C88H66N4O4. The summed E-state index contributed by atoms with van der Waals surface area (Å²) in [6.45, 7) is 0.672. The summed E-state index contributed by atoms with van der Waals surface area (Å²) in [6, 6.07) is 100. The molecule has 0 atom stereocenters. The molecule has 462 valence electrons. The SMILES string of the molecule is O=C(OCCCCCCCCOC(=O)c1ccc2c(c1)-c1ccccc1C2=NN(c1ccccc1)c1ccc(C=C2c3ccccc3-c3ccccc32)cc1)c1ccc2c(c1)-c1ccccc1C2=NN(c1ccccc1)c1ccc(C=C2c3ccccc3-c3ccccc32)cc1. The number of ether oxygens (including phenoxy) is 2. The summed E-state index contributed by atoms with van der Waals surface area (Å²) < 4.78 is 11.8. The van der Waals surface area contributed by atoms with Crippen molar-refractivity contribution in [1.29, 1.82) is 0 Å². The minimum Gasteiger partial charge on any atom is -0.462 e. The number of carbonyl (C=O) groups is 2. The summed E-state index contributed by atoms with van der Waals surface area (Å²) >= 11 is 0. The molecule has 0 aromatic heterocycles. The van der Waals surface area contributed by atoms with Crippen molar-refractivity contribution in [2.75, 3.05) is 23.2 Å². The number of unbranched alkanes of at least 4 members (excludes halogenated alkanes) is 5. The van der Waals surface area contributed by atoms with Crippen LogP contribution in [0.2, 0.25) is 0 Å². The number of hydrazone groups is 2. The highest BCUT2D eigenvalue weighted by atomic mass is 16.5. The highest BCUT2D eigenvalue weighted by Crippen LogP contribution is 2.48. The maximum Gasteiger partial charge on any atom is 0.338 e. The third-order valence-corrected chi connectivity index (χ3v) is 18.7. The van der Waals surface area contributed by atoms with Crippen LogP contribution in [-0.4, -0.2) is 36.6 Å². The minimum absolute atomic E-state index is 0.336. The Balaban J connectivity index is 0.526. The second kappa shape index (κ2) is 26.2. The Hall–Kier alpha value is -12.0. The Kier molecular flexibility index (Phi) is 16.1. The number of nitrogens with zero attached hydrogens (tertiary/aromatic N) is 4. The molecule has 0 radical (unpaired) electrons. The summed E-state index contributed by atoms with van der Waals surface area (Å²) in [5.74, 6) is -0.679. The molecule has 16 rings (SSSR count). The molecule has 0 amide bonds. The zero-order chi connectivity index (χ0) is 64.3. The van der Waals surface area contributed by atoms with Crippen molar-refractivity contribution in [2.24, 2.45) is 10.2 Å². The molecule has 0 saturated heterocycles. The van der Waals surface area contributed by atoms with E-state index in [1.165, 1.54) is 55.7 Å². The third-order valence-electron chi connectivity index (χ3n) is 18.7. The Labute approximate surface area is 559 Å². The average Bonchev–Trinajstić information content (AvgIpc) is 1.63. The lowest BCUT2D eigenvalue weighted by atomic mass is 10.0. The molecule has 8 nitrogen and oxygen atoms in total. The van der Waals surface area contributed by atoms with Crippen LogP contribution in [0.5, 0.6) is 0 Å². The van der Waals surface area contributed by atoms with Gasteiger partial charge in [0.15, 0.2) is 0 Å². The average molecular weight is 1240 g/mol. The number of esters is 2. The van der Waals surface area contributed by atoms with E-state index in [9.17, 15) is 9.59 Å². The molecule has 0 aliphatic heterocycles. The molecule has 8 heteroatoms. The van der Waals surface area contributed by atoms with Crippen LogP contribution >= 0.6 is 0 Å². The van der Waals surface area contributed by atoms with Gasteiger partial charge < -0.3 is 9.47 Å². The molecule has 96 heavy (non-hydrogen) atoms. The van der Waals surface area contributed by atoms with E-state index >= 15 is 0 Å². The number of fused-ring (bicyclic) bond motifs is 12. The Morgan fingerprint density at radius 1 is 0.271 bits per heavy atom. The zero-order valence-corrected chi connectivity index (χ0v) is 52.9. The first kappa shape index (κ1) is 59.0.